The molecule has 0 bridgehead atoms. The molecule has 0 aliphatic heterocycles. The average molecular weight is 96.3 g/mol. The van der Waals surface area contributed by atoms with Gasteiger partial charge >= 0.3 is 48.1 Å². The van der Waals surface area contributed by atoms with Crippen molar-refractivity contribution in [1.29, 1.82) is 0 Å². The van der Waals surface area contributed by atoms with Crippen LogP contribution in [0, 0.1) is 0 Å². The van der Waals surface area contributed by atoms with Crippen molar-refractivity contribution in [2.24, 2.45) is 0 Å². The van der Waals surface area contributed by atoms with Crippen LogP contribution >= 0.6 is 0 Å². The summed E-state index contributed by atoms with van der Waals surface area (Å²) in [6.07, 6.45) is -1.83. The summed E-state index contributed by atoms with van der Waals surface area (Å²) in [4.78, 5) is 8.56. The van der Waals surface area contributed by atoms with Crippen molar-refractivity contribution >= 4 is 48.1 Å². The second-order valence-corrected chi connectivity index (χ2v) is 0.283. The Hall–Kier alpha value is 0.634. The van der Waals surface area contributed by atoms with Gasteiger partial charge in [-0.3, -0.25) is 0 Å². The minimum atomic E-state index is -1.83. The van der Waals surface area contributed by atoms with Gasteiger partial charge in [-0.2, -0.15) is 0 Å². The Labute approximate surface area is 63.1 Å². The van der Waals surface area contributed by atoms with Crippen molar-refractivity contribution < 1.29 is 15.0 Å². The molecule has 0 fully saturated rings. The van der Waals surface area contributed by atoms with E-state index in [4.69, 9.17) is 15.0 Å². The van der Waals surface area contributed by atoms with E-state index in [9.17, 15) is 0 Å². The first kappa shape index (κ1) is 15.9. The summed E-state index contributed by atoms with van der Waals surface area (Å²) in [5.41, 5.74) is 0. The van der Waals surface area contributed by atoms with Crippen molar-refractivity contribution in [2.45, 2.75) is 0 Å². The van der Waals surface area contributed by atoms with Crippen LogP contribution in [-0.4, -0.2) is 58.3 Å². The molecule has 0 amide bonds. The second-order valence-electron chi connectivity index (χ2n) is 0.283. The molecule has 0 aliphatic rings. The normalized spacial score (nSPS) is 4.00. The Balaban J connectivity index is -0.0000000450. The van der Waals surface area contributed by atoms with Crippen LogP contribution in [0.4, 0.5) is 4.79 Å². The van der Waals surface area contributed by atoms with Gasteiger partial charge in [0.1, 0.15) is 0 Å². The molecule has 0 rings (SSSR count). The van der Waals surface area contributed by atoms with Crippen molar-refractivity contribution in [2.75, 3.05) is 0 Å². The minimum absolute atomic E-state index is 0. The molecule has 6 heavy (non-hydrogen) atoms. The van der Waals surface area contributed by atoms with Crippen molar-refractivity contribution in [3.8, 4) is 0 Å². The largest absolute Gasteiger partial charge is 0.316 e. The molecule has 0 atom stereocenters. The van der Waals surface area contributed by atoms with Gasteiger partial charge in [0.2, 0.25) is 0 Å². The van der Waals surface area contributed by atoms with Crippen LogP contribution in [-0.2, 0) is 0 Å². The van der Waals surface area contributed by atoms with Gasteiger partial charge in [0.05, 0.1) is 0 Å². The zero-order valence-electron chi connectivity index (χ0n) is 1.80. The molecule has 0 unspecified atom stereocenters. The van der Waals surface area contributed by atoms with Crippen LogP contribution in [0.3, 0.4) is 0 Å². The standard InChI is InChI=1S/CH2O3.Li.Mg.3H/c2-1(3)4;;;;;/h(H2,2,3,4);;;;;. The van der Waals surface area contributed by atoms with Gasteiger partial charge < -0.3 is 10.2 Å². The Morgan fingerprint density at radius 3 is 1.33 bits per heavy atom. The third-order valence-corrected chi connectivity index (χ3v) is 0. The third kappa shape index (κ3) is 152. The van der Waals surface area contributed by atoms with E-state index in [1.54, 1.807) is 0 Å². The zero-order valence-corrected chi connectivity index (χ0v) is 1.80. The maximum atomic E-state index is 8.56. The average Bonchev–Trinajstić information content (AvgIpc) is 0.811. The van der Waals surface area contributed by atoms with E-state index >= 15 is 0 Å². The molecule has 0 aromatic heterocycles. The third-order valence-electron chi connectivity index (χ3n) is 0. The fraction of sp³-hybridized carbons (Fsp3) is 0. The summed E-state index contributed by atoms with van der Waals surface area (Å²) in [6, 6.07) is 0. The number of carboxylic acid groups (broad SMARTS) is 2. The van der Waals surface area contributed by atoms with E-state index in [2.05, 4.69) is 0 Å². The van der Waals surface area contributed by atoms with E-state index in [0.717, 1.165) is 0 Å². The molecule has 30 valence electrons. The van der Waals surface area contributed by atoms with Crippen LogP contribution in [0.5, 0.6) is 0 Å². The summed E-state index contributed by atoms with van der Waals surface area (Å²) >= 11 is 0. The number of hydrogen-bond acceptors (Lipinski definition) is 1. The summed E-state index contributed by atoms with van der Waals surface area (Å²) < 4.78 is 0. The zero-order chi connectivity index (χ0) is 3.58. The summed E-state index contributed by atoms with van der Waals surface area (Å²) in [6.45, 7) is 0. The molecule has 0 radical (unpaired) electrons. The van der Waals surface area contributed by atoms with Crippen molar-refractivity contribution in [3.05, 3.63) is 0 Å². The predicted molar refractivity (Wildman–Crippen MR) is 26.3 cm³/mol. The first-order valence-electron chi connectivity index (χ1n) is 0.651. The number of hydrogen-bond donors (Lipinski definition) is 2. The van der Waals surface area contributed by atoms with Crippen molar-refractivity contribution in [1.82, 2.24) is 0 Å². The van der Waals surface area contributed by atoms with Gasteiger partial charge in [-0.15, -0.1) is 0 Å². The maximum absolute atomic E-state index is 8.56. The van der Waals surface area contributed by atoms with Gasteiger partial charge in [-0.05, 0) is 0 Å². The predicted octanol–water partition coefficient (Wildman–Crippen LogP) is -1.34. The van der Waals surface area contributed by atoms with Crippen LogP contribution in [0.2, 0.25) is 0 Å². The molecule has 0 spiro atoms. The first-order valence-corrected chi connectivity index (χ1v) is 0.651. The van der Waals surface area contributed by atoms with Crippen LogP contribution in [0.1, 0.15) is 0 Å². The van der Waals surface area contributed by atoms with Crippen LogP contribution in [0.25, 0.3) is 0 Å². The SMILES string of the molecule is O=C(O)O.[LiH].[MgH2]. The Bertz CT molecular complexity index is 33.8. The smallest absolute Gasteiger partial charge is 0.316 e. The summed E-state index contributed by atoms with van der Waals surface area (Å²) in [7, 11) is 0. The quantitative estimate of drug-likeness (QED) is 0.367. The Kier molecular flexibility index (Phi) is 24.3. The summed E-state index contributed by atoms with van der Waals surface area (Å²) in [5.74, 6) is 0. The molecule has 0 heterocycles. The van der Waals surface area contributed by atoms with Gasteiger partial charge in [0.25, 0.3) is 0 Å². The molecule has 5 heteroatoms. The summed E-state index contributed by atoms with van der Waals surface area (Å²) in [5, 5.41) is 13.9. The molecule has 0 aromatic rings. The molecule has 0 saturated heterocycles. The first-order chi connectivity index (χ1) is 1.73. The van der Waals surface area contributed by atoms with E-state index in [0.29, 0.717) is 0 Å². The molecule has 0 saturated carbocycles. The fourth-order valence-electron chi connectivity index (χ4n) is 0. The van der Waals surface area contributed by atoms with Gasteiger partial charge in [0, 0.05) is 0 Å². The van der Waals surface area contributed by atoms with E-state index in [1.165, 1.54) is 0 Å². The maximum Gasteiger partial charge on any atom is 0.316 e. The monoisotopic (exact) mass is 96.0 g/mol. The fourth-order valence-corrected chi connectivity index (χ4v) is 0. The van der Waals surface area contributed by atoms with Gasteiger partial charge in [-0.25, -0.2) is 4.79 Å². The van der Waals surface area contributed by atoms with E-state index in [-0.39, 0.29) is 41.9 Å². The minimum Gasteiger partial charge on any atom is 0.316 e. The molecule has 0 aliphatic carbocycles. The number of carbonyl (C=O) groups is 1. The molecular formula is CH5LiMgO3. The molecule has 0 aromatic carbocycles. The second kappa shape index (κ2) is 9.16. The van der Waals surface area contributed by atoms with E-state index < -0.39 is 6.16 Å². The van der Waals surface area contributed by atoms with Gasteiger partial charge in [0.15, 0.2) is 0 Å². The molecule has 3 nitrogen and oxygen atoms in total. The van der Waals surface area contributed by atoms with E-state index in [1.807, 2.05) is 0 Å². The molecular weight excluding hydrogens is 91.3 g/mol. The Morgan fingerprint density at radius 1 is 1.33 bits per heavy atom. The van der Waals surface area contributed by atoms with Crippen LogP contribution in [0.15, 0.2) is 0 Å². The van der Waals surface area contributed by atoms with Crippen LogP contribution < -0.4 is 0 Å². The molecule has 2 N–H and O–H groups in total. The Morgan fingerprint density at radius 2 is 1.33 bits per heavy atom. The topological polar surface area (TPSA) is 57.5 Å². The number of rotatable bonds is 0. The van der Waals surface area contributed by atoms with Crippen molar-refractivity contribution in [3.63, 3.8) is 0 Å². The van der Waals surface area contributed by atoms with Gasteiger partial charge in [-0.1, -0.05) is 0 Å².